The molecule has 1 aromatic carbocycles. The topological polar surface area (TPSA) is 114 Å². The van der Waals surface area contributed by atoms with Crippen LogP contribution >= 0.6 is 0 Å². The largest absolute Gasteiger partial charge is 0.379 e. The number of nitro benzene ring substituents is 1. The highest BCUT2D eigenvalue weighted by Crippen LogP contribution is 2.29. The van der Waals surface area contributed by atoms with Crippen molar-refractivity contribution in [3.05, 3.63) is 28.3 Å². The van der Waals surface area contributed by atoms with Crippen molar-refractivity contribution in [2.45, 2.75) is 43.4 Å². The Morgan fingerprint density at radius 2 is 1.78 bits per heavy atom. The number of ether oxygens (including phenoxy) is 1. The number of nitrogens with one attached hydrogen (secondary N) is 1. The molecule has 0 bridgehead atoms. The number of hydrogen-bond donors (Lipinski definition) is 1. The summed E-state index contributed by atoms with van der Waals surface area (Å²) in [5.41, 5.74) is 3.65. The molecule has 9 nitrogen and oxygen atoms in total. The summed E-state index contributed by atoms with van der Waals surface area (Å²) in [6.45, 7) is 1.12. The highest BCUT2D eigenvalue weighted by molar-refractivity contribution is 7.89. The van der Waals surface area contributed by atoms with Gasteiger partial charge in [0.15, 0.2) is 0 Å². The second-order valence-corrected chi connectivity index (χ2v) is 8.59. The first kappa shape index (κ1) is 19.7. The predicted octanol–water partition coefficient (Wildman–Crippen LogP) is 2.74. The molecular weight excluding hydrogens is 372 g/mol. The van der Waals surface area contributed by atoms with Crippen LogP contribution in [0.25, 0.3) is 0 Å². The van der Waals surface area contributed by atoms with E-state index < -0.39 is 14.9 Å². The molecule has 2 aliphatic rings. The summed E-state index contributed by atoms with van der Waals surface area (Å²) in [5.74, 6) is 0. The molecule has 1 aliphatic carbocycles. The normalized spacial score (nSPS) is 19.3. The molecule has 10 heteroatoms. The van der Waals surface area contributed by atoms with E-state index in [1.807, 2.05) is 0 Å². The molecule has 1 aromatic rings. The lowest BCUT2D eigenvalue weighted by Gasteiger charge is -2.26. The zero-order valence-electron chi connectivity index (χ0n) is 15.1. The average Bonchev–Trinajstić information content (AvgIpc) is 2.95. The zero-order chi connectivity index (χ0) is 19.3. The Kier molecular flexibility index (Phi) is 6.40. The predicted molar refractivity (Wildman–Crippen MR) is 101 cm³/mol. The summed E-state index contributed by atoms with van der Waals surface area (Å²) >= 11 is 0. The minimum Gasteiger partial charge on any atom is -0.379 e. The molecule has 1 heterocycles. The molecule has 2 fully saturated rings. The molecule has 0 amide bonds. The number of hydrogen-bond acceptors (Lipinski definition) is 7. The van der Waals surface area contributed by atoms with E-state index in [9.17, 15) is 18.5 Å². The van der Waals surface area contributed by atoms with E-state index in [0.29, 0.717) is 13.2 Å². The second kappa shape index (κ2) is 8.77. The number of nitro groups is 1. The SMILES string of the molecule is O=[N+]([O-])c1cc(S(=O)(=O)N2CCOCC2)ccc1NN=C1CCCCCC1. The van der Waals surface area contributed by atoms with Crippen LogP contribution in [0.5, 0.6) is 0 Å². The lowest BCUT2D eigenvalue weighted by atomic mass is 10.2. The molecular formula is C17H24N4O5S. The molecule has 3 rings (SSSR count). The van der Waals surface area contributed by atoms with Crippen molar-refractivity contribution in [2.24, 2.45) is 5.10 Å². The van der Waals surface area contributed by atoms with E-state index in [2.05, 4.69) is 10.5 Å². The van der Waals surface area contributed by atoms with Crippen LogP contribution in [0, 0.1) is 10.1 Å². The van der Waals surface area contributed by atoms with Crippen molar-refractivity contribution in [3.8, 4) is 0 Å². The van der Waals surface area contributed by atoms with Gasteiger partial charge in [0.25, 0.3) is 5.69 Å². The maximum atomic E-state index is 12.7. The second-order valence-electron chi connectivity index (χ2n) is 6.66. The van der Waals surface area contributed by atoms with Crippen LogP contribution in [0.4, 0.5) is 11.4 Å². The van der Waals surface area contributed by atoms with Gasteiger partial charge in [-0.3, -0.25) is 15.5 Å². The van der Waals surface area contributed by atoms with Crippen LogP contribution < -0.4 is 5.43 Å². The van der Waals surface area contributed by atoms with Gasteiger partial charge in [0.2, 0.25) is 10.0 Å². The van der Waals surface area contributed by atoms with Gasteiger partial charge in [0.05, 0.1) is 23.0 Å². The molecule has 0 radical (unpaired) electrons. The summed E-state index contributed by atoms with van der Waals surface area (Å²) in [6, 6.07) is 3.89. The summed E-state index contributed by atoms with van der Waals surface area (Å²) in [7, 11) is -3.79. The standard InChI is InChI=1S/C17H24N4O5S/c22-21(23)17-13-15(27(24,25)20-9-11-26-12-10-20)7-8-16(17)19-18-14-5-3-1-2-4-6-14/h7-8,13,19H,1-6,9-12H2. The van der Waals surface area contributed by atoms with Gasteiger partial charge in [-0.2, -0.15) is 9.41 Å². The van der Waals surface area contributed by atoms with Crippen molar-refractivity contribution in [1.82, 2.24) is 4.31 Å². The quantitative estimate of drug-likeness (QED) is 0.465. The Balaban J connectivity index is 1.84. The highest BCUT2D eigenvalue weighted by Gasteiger charge is 2.28. The van der Waals surface area contributed by atoms with Crippen LogP contribution in [0.15, 0.2) is 28.2 Å². The zero-order valence-corrected chi connectivity index (χ0v) is 15.9. The first-order valence-corrected chi connectivity index (χ1v) is 10.6. The van der Waals surface area contributed by atoms with Gasteiger partial charge < -0.3 is 4.74 Å². The Labute approximate surface area is 158 Å². The lowest BCUT2D eigenvalue weighted by molar-refractivity contribution is -0.384. The first-order chi connectivity index (χ1) is 13.0. The smallest absolute Gasteiger partial charge is 0.295 e. The number of anilines is 1. The number of morpholine rings is 1. The van der Waals surface area contributed by atoms with E-state index in [0.717, 1.165) is 37.5 Å². The van der Waals surface area contributed by atoms with E-state index >= 15 is 0 Å². The molecule has 0 unspecified atom stereocenters. The van der Waals surface area contributed by atoms with E-state index in [1.54, 1.807) is 0 Å². The van der Waals surface area contributed by atoms with Gasteiger partial charge in [-0.15, -0.1) is 0 Å². The van der Waals surface area contributed by atoms with Crippen LogP contribution in [0.3, 0.4) is 0 Å². The summed E-state index contributed by atoms with van der Waals surface area (Å²) in [5, 5.41) is 15.8. The maximum absolute atomic E-state index is 12.7. The third kappa shape index (κ3) is 4.82. The molecule has 1 N–H and O–H groups in total. The van der Waals surface area contributed by atoms with Gasteiger partial charge >= 0.3 is 0 Å². The molecule has 0 spiro atoms. The Morgan fingerprint density at radius 3 is 2.41 bits per heavy atom. The Morgan fingerprint density at radius 1 is 1.11 bits per heavy atom. The van der Waals surface area contributed by atoms with Crippen LogP contribution in [-0.4, -0.2) is 49.7 Å². The summed E-state index contributed by atoms with van der Waals surface area (Å²) in [6.07, 6.45) is 6.24. The highest BCUT2D eigenvalue weighted by atomic mass is 32.2. The average molecular weight is 396 g/mol. The maximum Gasteiger partial charge on any atom is 0.295 e. The number of sulfonamides is 1. The third-order valence-corrected chi connectivity index (χ3v) is 6.68. The molecule has 1 saturated heterocycles. The van der Waals surface area contributed by atoms with Crippen molar-refractivity contribution < 1.29 is 18.1 Å². The van der Waals surface area contributed by atoms with Crippen LogP contribution in [-0.2, 0) is 14.8 Å². The molecule has 1 saturated carbocycles. The first-order valence-electron chi connectivity index (χ1n) is 9.16. The van der Waals surface area contributed by atoms with E-state index in [4.69, 9.17) is 4.74 Å². The molecule has 0 atom stereocenters. The van der Waals surface area contributed by atoms with Gasteiger partial charge in [-0.25, -0.2) is 8.42 Å². The molecule has 148 valence electrons. The fraction of sp³-hybridized carbons (Fsp3) is 0.588. The van der Waals surface area contributed by atoms with Crippen molar-refractivity contribution in [2.75, 3.05) is 31.7 Å². The minimum absolute atomic E-state index is 0.0937. The fourth-order valence-electron chi connectivity index (χ4n) is 3.24. The number of nitrogens with zero attached hydrogens (tertiary/aromatic N) is 3. The summed E-state index contributed by atoms with van der Waals surface area (Å²) < 4.78 is 31.9. The Hall–Kier alpha value is -2.04. The molecule has 1 aliphatic heterocycles. The minimum atomic E-state index is -3.79. The number of benzene rings is 1. The van der Waals surface area contributed by atoms with Gasteiger partial charge in [0, 0.05) is 24.9 Å². The third-order valence-electron chi connectivity index (χ3n) is 4.79. The van der Waals surface area contributed by atoms with E-state index in [1.165, 1.54) is 29.3 Å². The Bertz CT molecular complexity index is 809. The number of rotatable bonds is 5. The monoisotopic (exact) mass is 396 g/mol. The van der Waals surface area contributed by atoms with Crippen LogP contribution in [0.2, 0.25) is 0 Å². The lowest BCUT2D eigenvalue weighted by Crippen LogP contribution is -2.40. The van der Waals surface area contributed by atoms with E-state index in [-0.39, 0.29) is 29.4 Å². The summed E-state index contributed by atoms with van der Waals surface area (Å²) in [4.78, 5) is 10.8. The molecule has 27 heavy (non-hydrogen) atoms. The van der Waals surface area contributed by atoms with Crippen molar-refractivity contribution in [3.63, 3.8) is 0 Å². The van der Waals surface area contributed by atoms with Crippen LogP contribution in [0.1, 0.15) is 38.5 Å². The number of hydrazone groups is 1. The van der Waals surface area contributed by atoms with Gasteiger partial charge in [0.1, 0.15) is 5.69 Å². The van der Waals surface area contributed by atoms with Gasteiger partial charge in [-0.05, 0) is 37.8 Å². The van der Waals surface area contributed by atoms with Crippen molar-refractivity contribution >= 4 is 27.1 Å². The molecule has 0 aromatic heterocycles. The van der Waals surface area contributed by atoms with Gasteiger partial charge in [-0.1, -0.05) is 12.8 Å². The fourth-order valence-corrected chi connectivity index (χ4v) is 4.67. The van der Waals surface area contributed by atoms with Crippen molar-refractivity contribution in [1.29, 1.82) is 0 Å².